The minimum absolute atomic E-state index is 0.0631. The van der Waals surface area contributed by atoms with E-state index >= 15 is 0 Å². The average molecular weight is 452 g/mol. The van der Waals surface area contributed by atoms with Crippen molar-refractivity contribution in [1.29, 1.82) is 0 Å². The third kappa shape index (κ3) is 5.14. The Labute approximate surface area is 181 Å². The van der Waals surface area contributed by atoms with E-state index in [2.05, 4.69) is 11.8 Å². The Hall–Kier alpha value is -2.10. The number of sulfonamides is 1. The zero-order valence-corrected chi connectivity index (χ0v) is 18.8. The zero-order valence-electron chi connectivity index (χ0n) is 17.1. The van der Waals surface area contributed by atoms with Gasteiger partial charge in [-0.1, -0.05) is 13.0 Å². The maximum Gasteiger partial charge on any atom is 0.264 e. The van der Waals surface area contributed by atoms with Crippen molar-refractivity contribution < 1.29 is 17.6 Å². The Balaban J connectivity index is 1.89. The van der Waals surface area contributed by atoms with E-state index in [9.17, 15) is 17.6 Å². The summed E-state index contributed by atoms with van der Waals surface area (Å²) in [6, 6.07) is 11.8. The van der Waals surface area contributed by atoms with Crippen LogP contribution in [0.1, 0.15) is 6.92 Å². The van der Waals surface area contributed by atoms with Crippen LogP contribution in [-0.2, 0) is 14.8 Å². The molecule has 0 radical (unpaired) electrons. The molecule has 2 aromatic carbocycles. The van der Waals surface area contributed by atoms with Crippen LogP contribution in [0.15, 0.2) is 58.3 Å². The molecule has 0 bridgehead atoms. The van der Waals surface area contributed by atoms with Crippen molar-refractivity contribution in [2.24, 2.45) is 0 Å². The van der Waals surface area contributed by atoms with Crippen molar-refractivity contribution in [2.75, 3.05) is 49.8 Å². The van der Waals surface area contributed by atoms with Crippen LogP contribution in [0.2, 0.25) is 0 Å². The third-order valence-electron chi connectivity index (χ3n) is 5.19. The summed E-state index contributed by atoms with van der Waals surface area (Å²) < 4.78 is 41.6. The molecular weight excluding hydrogens is 425 g/mol. The molecule has 1 fully saturated rings. The standard InChI is InChI=1S/C21H26FN3O3S2/c1-3-23-11-13-24(14-12-23)21(26)16-25(18-6-4-5-17(22)15-18)30(27,28)20-9-7-19(29-2)8-10-20/h4-10,15H,3,11-14,16H2,1-2H3. The van der Waals surface area contributed by atoms with Crippen LogP contribution in [0.3, 0.4) is 0 Å². The Morgan fingerprint density at radius 2 is 1.77 bits per heavy atom. The first-order valence-corrected chi connectivity index (χ1v) is 12.4. The first kappa shape index (κ1) is 22.6. The van der Waals surface area contributed by atoms with Gasteiger partial charge in [-0.05, 0) is 55.3 Å². The summed E-state index contributed by atoms with van der Waals surface area (Å²) in [4.78, 5) is 17.8. The number of thioether (sulfide) groups is 1. The molecule has 1 amide bonds. The molecule has 0 spiro atoms. The summed E-state index contributed by atoms with van der Waals surface area (Å²) in [5.74, 6) is -0.853. The Morgan fingerprint density at radius 1 is 1.10 bits per heavy atom. The molecule has 162 valence electrons. The van der Waals surface area contributed by atoms with Gasteiger partial charge in [-0.2, -0.15) is 0 Å². The summed E-state index contributed by atoms with van der Waals surface area (Å²) in [5.41, 5.74) is 0.129. The second-order valence-corrected chi connectivity index (χ2v) is 9.72. The summed E-state index contributed by atoms with van der Waals surface area (Å²) >= 11 is 1.50. The van der Waals surface area contributed by atoms with Gasteiger partial charge in [-0.3, -0.25) is 9.10 Å². The molecule has 6 nitrogen and oxygen atoms in total. The first-order chi connectivity index (χ1) is 14.3. The minimum atomic E-state index is -4.05. The van der Waals surface area contributed by atoms with E-state index in [1.165, 1.54) is 42.1 Å². The van der Waals surface area contributed by atoms with Gasteiger partial charge in [0.2, 0.25) is 5.91 Å². The van der Waals surface area contributed by atoms with E-state index in [1.807, 2.05) is 6.26 Å². The molecule has 0 atom stereocenters. The molecular formula is C21H26FN3O3S2. The fourth-order valence-electron chi connectivity index (χ4n) is 3.36. The molecule has 3 rings (SSSR count). The van der Waals surface area contributed by atoms with Crippen LogP contribution in [0.5, 0.6) is 0 Å². The van der Waals surface area contributed by atoms with Crippen LogP contribution in [0.4, 0.5) is 10.1 Å². The van der Waals surface area contributed by atoms with Gasteiger partial charge < -0.3 is 9.80 Å². The molecule has 0 unspecified atom stereocenters. The van der Waals surface area contributed by atoms with Crippen LogP contribution in [0.25, 0.3) is 0 Å². The number of benzene rings is 2. The van der Waals surface area contributed by atoms with Crippen LogP contribution in [-0.4, -0.2) is 69.6 Å². The van der Waals surface area contributed by atoms with Crippen molar-refractivity contribution >= 4 is 33.4 Å². The van der Waals surface area contributed by atoms with E-state index < -0.39 is 15.8 Å². The van der Waals surface area contributed by atoms with E-state index in [0.29, 0.717) is 13.1 Å². The molecule has 30 heavy (non-hydrogen) atoms. The van der Waals surface area contributed by atoms with Crippen LogP contribution >= 0.6 is 11.8 Å². The molecule has 0 aliphatic carbocycles. The summed E-state index contributed by atoms with van der Waals surface area (Å²) in [7, 11) is -4.05. The quantitative estimate of drug-likeness (QED) is 0.606. The van der Waals surface area contributed by atoms with Gasteiger partial charge in [0, 0.05) is 31.1 Å². The van der Waals surface area contributed by atoms with Crippen molar-refractivity contribution in [1.82, 2.24) is 9.80 Å². The zero-order chi connectivity index (χ0) is 21.7. The fraction of sp³-hybridized carbons (Fsp3) is 0.381. The van der Waals surface area contributed by atoms with E-state index in [0.717, 1.165) is 34.9 Å². The molecule has 1 aliphatic rings. The highest BCUT2D eigenvalue weighted by Crippen LogP contribution is 2.26. The predicted octanol–water partition coefficient (Wildman–Crippen LogP) is 2.91. The largest absolute Gasteiger partial charge is 0.339 e. The molecule has 1 aliphatic heterocycles. The molecule has 0 N–H and O–H groups in total. The second kappa shape index (κ2) is 9.80. The lowest BCUT2D eigenvalue weighted by Crippen LogP contribution is -2.51. The normalized spacial score (nSPS) is 15.2. The smallest absolute Gasteiger partial charge is 0.264 e. The summed E-state index contributed by atoms with van der Waals surface area (Å²) in [5, 5.41) is 0. The lowest BCUT2D eigenvalue weighted by molar-refractivity contribution is -0.131. The monoisotopic (exact) mass is 451 g/mol. The maximum atomic E-state index is 13.9. The number of anilines is 1. The van der Waals surface area contributed by atoms with E-state index in [4.69, 9.17) is 0 Å². The van der Waals surface area contributed by atoms with Gasteiger partial charge >= 0.3 is 0 Å². The van der Waals surface area contributed by atoms with Gasteiger partial charge in [0.25, 0.3) is 10.0 Å². The number of hydrogen-bond acceptors (Lipinski definition) is 5. The Kier molecular flexibility index (Phi) is 7.38. The predicted molar refractivity (Wildman–Crippen MR) is 118 cm³/mol. The second-order valence-electron chi connectivity index (χ2n) is 6.98. The lowest BCUT2D eigenvalue weighted by atomic mass is 10.3. The topological polar surface area (TPSA) is 60.9 Å². The molecule has 1 saturated heterocycles. The molecule has 1 heterocycles. The molecule has 0 aromatic heterocycles. The molecule has 2 aromatic rings. The highest BCUT2D eigenvalue weighted by Gasteiger charge is 2.30. The van der Waals surface area contributed by atoms with E-state index in [1.54, 1.807) is 17.0 Å². The minimum Gasteiger partial charge on any atom is -0.339 e. The van der Waals surface area contributed by atoms with Crippen molar-refractivity contribution in [2.45, 2.75) is 16.7 Å². The van der Waals surface area contributed by atoms with Crippen LogP contribution < -0.4 is 4.31 Å². The number of hydrogen-bond donors (Lipinski definition) is 0. The number of likely N-dealkylation sites (N-methyl/N-ethyl adjacent to an activating group) is 1. The number of rotatable bonds is 7. The number of nitrogens with zero attached hydrogens (tertiary/aromatic N) is 3. The highest BCUT2D eigenvalue weighted by atomic mass is 32.2. The number of halogens is 1. The Morgan fingerprint density at radius 3 is 2.33 bits per heavy atom. The SMILES string of the molecule is CCN1CCN(C(=O)CN(c2cccc(F)c2)S(=O)(=O)c2ccc(SC)cc2)CC1. The van der Waals surface area contributed by atoms with E-state index in [-0.39, 0.29) is 23.0 Å². The number of carbonyl (C=O) groups is 1. The summed E-state index contributed by atoms with van der Waals surface area (Å²) in [6.07, 6.45) is 1.90. The number of amides is 1. The van der Waals surface area contributed by atoms with Crippen molar-refractivity contribution in [3.63, 3.8) is 0 Å². The first-order valence-electron chi connectivity index (χ1n) is 9.77. The Bertz CT molecular complexity index is 975. The van der Waals surface area contributed by atoms with Gasteiger partial charge in [0.05, 0.1) is 10.6 Å². The maximum absolute atomic E-state index is 13.9. The molecule has 0 saturated carbocycles. The average Bonchev–Trinajstić information content (AvgIpc) is 2.77. The van der Waals surface area contributed by atoms with Gasteiger partial charge in [-0.25, -0.2) is 12.8 Å². The molecule has 9 heteroatoms. The third-order valence-corrected chi connectivity index (χ3v) is 7.73. The number of piperazine rings is 1. The summed E-state index contributed by atoms with van der Waals surface area (Å²) in [6.45, 7) is 5.21. The lowest BCUT2D eigenvalue weighted by Gasteiger charge is -2.35. The van der Waals surface area contributed by atoms with Crippen molar-refractivity contribution in [3.8, 4) is 0 Å². The van der Waals surface area contributed by atoms with Crippen LogP contribution in [0, 0.1) is 5.82 Å². The van der Waals surface area contributed by atoms with Gasteiger partial charge in [-0.15, -0.1) is 11.8 Å². The highest BCUT2D eigenvalue weighted by molar-refractivity contribution is 7.98. The van der Waals surface area contributed by atoms with Gasteiger partial charge in [0.1, 0.15) is 12.4 Å². The van der Waals surface area contributed by atoms with Crippen molar-refractivity contribution in [3.05, 3.63) is 54.3 Å². The number of carbonyl (C=O) groups excluding carboxylic acids is 1. The van der Waals surface area contributed by atoms with Gasteiger partial charge in [0.15, 0.2) is 0 Å². The fourth-order valence-corrected chi connectivity index (χ4v) is 5.17.